The van der Waals surface area contributed by atoms with Crippen molar-refractivity contribution in [2.75, 3.05) is 5.21 Å². The van der Waals surface area contributed by atoms with Gasteiger partial charge in [-0.3, -0.25) is 0 Å². The minimum atomic E-state index is -0.0415. The van der Waals surface area contributed by atoms with Crippen molar-refractivity contribution in [3.8, 4) is 0 Å². The third-order valence-corrected chi connectivity index (χ3v) is 6.78. The Morgan fingerprint density at radius 3 is 2.00 bits per heavy atom. The molecule has 0 saturated carbocycles. The molecule has 0 amide bonds. The molecule has 0 aromatic heterocycles. The summed E-state index contributed by atoms with van der Waals surface area (Å²) in [6.45, 7) is 10.9. The lowest BCUT2D eigenvalue weighted by atomic mass is 10.00. The first-order chi connectivity index (χ1) is 9.45. The zero-order valence-electron chi connectivity index (χ0n) is 12.9. The summed E-state index contributed by atoms with van der Waals surface area (Å²) in [5.74, 6) is 0. The number of aryl methyl sites for hydroxylation is 2. The molecule has 20 heavy (non-hydrogen) atoms. The van der Waals surface area contributed by atoms with Crippen molar-refractivity contribution in [1.29, 1.82) is 0 Å². The maximum Gasteiger partial charge on any atom is 0.192 e. The van der Waals surface area contributed by atoms with E-state index >= 15 is 0 Å². The van der Waals surface area contributed by atoms with Gasteiger partial charge in [-0.2, -0.15) is 0 Å². The fourth-order valence-corrected chi connectivity index (χ4v) is 4.92. The SMILES string of the molecule is Cc1ccc([S+](CCl)c2cc(C)c(C)c(C)c2C)cc1. The molecule has 0 aliphatic carbocycles. The van der Waals surface area contributed by atoms with Gasteiger partial charge in [-0.1, -0.05) is 29.3 Å². The third-order valence-electron chi connectivity index (χ3n) is 4.11. The first-order valence-corrected chi connectivity index (χ1v) is 8.79. The Balaban J connectivity index is 2.55. The number of alkyl halides is 1. The lowest BCUT2D eigenvalue weighted by Crippen LogP contribution is -2.09. The lowest BCUT2D eigenvalue weighted by Gasteiger charge is -2.14. The van der Waals surface area contributed by atoms with Crippen LogP contribution >= 0.6 is 11.6 Å². The van der Waals surface area contributed by atoms with Crippen molar-refractivity contribution in [1.82, 2.24) is 0 Å². The molecule has 2 aromatic carbocycles. The standard InChI is InChI=1S/C18H22ClS/c1-12-6-8-17(9-7-12)20(11-19)18-10-13(2)14(3)15(4)16(18)5/h6-10H,11H2,1-5H3/q+1. The maximum atomic E-state index is 6.31. The van der Waals surface area contributed by atoms with Crippen LogP contribution in [0.3, 0.4) is 0 Å². The second-order valence-electron chi connectivity index (χ2n) is 5.38. The first-order valence-electron chi connectivity index (χ1n) is 6.86. The molecule has 0 aliphatic rings. The highest BCUT2D eigenvalue weighted by Gasteiger charge is 2.27. The molecule has 1 atom stereocenters. The Morgan fingerprint density at radius 1 is 0.850 bits per heavy atom. The fraction of sp³-hybridized carbons (Fsp3) is 0.333. The van der Waals surface area contributed by atoms with Gasteiger partial charge in [-0.05, 0) is 69.5 Å². The van der Waals surface area contributed by atoms with Crippen LogP contribution in [0, 0.1) is 34.6 Å². The van der Waals surface area contributed by atoms with Gasteiger partial charge in [0.05, 0.1) is 10.9 Å². The average Bonchev–Trinajstić information content (AvgIpc) is 2.44. The summed E-state index contributed by atoms with van der Waals surface area (Å²) >= 11 is 6.31. The number of rotatable bonds is 3. The van der Waals surface area contributed by atoms with Crippen molar-refractivity contribution < 1.29 is 0 Å². The highest BCUT2D eigenvalue weighted by atomic mass is 35.5. The smallest absolute Gasteiger partial charge is 0.0672 e. The van der Waals surface area contributed by atoms with E-state index in [4.69, 9.17) is 11.6 Å². The predicted octanol–water partition coefficient (Wildman–Crippen LogP) is 5.46. The molecule has 1 unspecified atom stereocenters. The molecule has 0 N–H and O–H groups in total. The summed E-state index contributed by atoms with van der Waals surface area (Å²) in [6, 6.07) is 11.1. The molecule has 2 heteroatoms. The number of benzene rings is 2. The van der Waals surface area contributed by atoms with Crippen molar-refractivity contribution in [3.63, 3.8) is 0 Å². The molecule has 0 spiro atoms. The minimum Gasteiger partial charge on any atom is -0.0672 e. The maximum absolute atomic E-state index is 6.31. The van der Waals surface area contributed by atoms with Gasteiger partial charge < -0.3 is 0 Å². The van der Waals surface area contributed by atoms with Gasteiger partial charge in [0, 0.05) is 5.56 Å². The molecule has 0 saturated heterocycles. The van der Waals surface area contributed by atoms with Crippen LogP contribution in [0.4, 0.5) is 0 Å². The largest absolute Gasteiger partial charge is 0.192 e. The van der Waals surface area contributed by atoms with E-state index in [0.717, 1.165) is 0 Å². The molecule has 0 aliphatic heterocycles. The molecular weight excluding hydrogens is 284 g/mol. The van der Waals surface area contributed by atoms with E-state index in [1.165, 1.54) is 37.6 Å². The third kappa shape index (κ3) is 2.89. The van der Waals surface area contributed by atoms with E-state index in [9.17, 15) is 0 Å². The zero-order chi connectivity index (χ0) is 14.9. The van der Waals surface area contributed by atoms with Crippen LogP contribution in [0.5, 0.6) is 0 Å². The second-order valence-corrected chi connectivity index (χ2v) is 7.95. The van der Waals surface area contributed by atoms with Crippen LogP contribution in [0.2, 0.25) is 0 Å². The molecule has 0 radical (unpaired) electrons. The summed E-state index contributed by atoms with van der Waals surface area (Å²) in [6.07, 6.45) is 0. The topological polar surface area (TPSA) is 0 Å². The Hall–Kier alpha value is -0.920. The van der Waals surface area contributed by atoms with Gasteiger partial charge in [-0.15, -0.1) is 0 Å². The van der Waals surface area contributed by atoms with E-state index in [1.54, 1.807) is 0 Å². The van der Waals surface area contributed by atoms with Crippen LogP contribution < -0.4 is 0 Å². The normalized spacial score (nSPS) is 12.5. The summed E-state index contributed by atoms with van der Waals surface area (Å²) in [4.78, 5) is 2.72. The Morgan fingerprint density at radius 2 is 1.45 bits per heavy atom. The Labute approximate surface area is 130 Å². The first kappa shape index (κ1) is 15.5. The molecule has 2 aromatic rings. The molecule has 0 bridgehead atoms. The monoisotopic (exact) mass is 305 g/mol. The summed E-state index contributed by atoms with van der Waals surface area (Å²) < 4.78 is 0. The van der Waals surface area contributed by atoms with E-state index in [2.05, 4.69) is 65.0 Å². The van der Waals surface area contributed by atoms with Crippen LogP contribution in [0.1, 0.15) is 27.8 Å². The highest BCUT2D eigenvalue weighted by Crippen LogP contribution is 2.31. The molecule has 0 heterocycles. The van der Waals surface area contributed by atoms with Crippen LogP contribution in [0.15, 0.2) is 40.1 Å². The van der Waals surface area contributed by atoms with Crippen molar-refractivity contribution in [2.45, 2.75) is 44.4 Å². The second kappa shape index (κ2) is 6.24. The van der Waals surface area contributed by atoms with Crippen molar-refractivity contribution >= 4 is 22.5 Å². The van der Waals surface area contributed by atoms with Gasteiger partial charge >= 0.3 is 0 Å². The van der Waals surface area contributed by atoms with E-state index in [-0.39, 0.29) is 10.9 Å². The van der Waals surface area contributed by atoms with Crippen LogP contribution in [0.25, 0.3) is 0 Å². The summed E-state index contributed by atoms with van der Waals surface area (Å²) in [5, 5.41) is 0.645. The predicted molar refractivity (Wildman–Crippen MR) is 91.2 cm³/mol. The quantitative estimate of drug-likeness (QED) is 0.521. The number of halogens is 1. The molecule has 0 nitrogen and oxygen atoms in total. The van der Waals surface area contributed by atoms with Crippen molar-refractivity contribution in [2.24, 2.45) is 0 Å². The van der Waals surface area contributed by atoms with E-state index in [1.807, 2.05) is 0 Å². The van der Waals surface area contributed by atoms with E-state index in [0.29, 0.717) is 5.21 Å². The van der Waals surface area contributed by atoms with Crippen LogP contribution in [-0.2, 0) is 10.9 Å². The molecule has 106 valence electrons. The van der Waals surface area contributed by atoms with Crippen LogP contribution in [-0.4, -0.2) is 5.21 Å². The zero-order valence-corrected chi connectivity index (χ0v) is 14.5. The summed E-state index contributed by atoms with van der Waals surface area (Å²) in [7, 11) is -0.0415. The lowest BCUT2D eigenvalue weighted by molar-refractivity contribution is 1.14. The average molecular weight is 306 g/mol. The van der Waals surface area contributed by atoms with Gasteiger partial charge in [0.1, 0.15) is 0 Å². The molecule has 0 fully saturated rings. The minimum absolute atomic E-state index is 0.0415. The highest BCUT2D eigenvalue weighted by molar-refractivity contribution is 7.98. The van der Waals surface area contributed by atoms with Gasteiger partial charge in [0.25, 0.3) is 0 Å². The summed E-state index contributed by atoms with van der Waals surface area (Å²) in [5.41, 5.74) is 6.83. The van der Waals surface area contributed by atoms with Gasteiger partial charge in [-0.25, -0.2) is 0 Å². The van der Waals surface area contributed by atoms with E-state index < -0.39 is 0 Å². The molecule has 2 rings (SSSR count). The number of hydrogen-bond acceptors (Lipinski definition) is 0. The Kier molecular flexibility index (Phi) is 4.82. The fourth-order valence-electron chi connectivity index (χ4n) is 2.38. The molecular formula is C18H22ClS+. The van der Waals surface area contributed by atoms with Gasteiger partial charge in [0.15, 0.2) is 15.0 Å². The Bertz CT molecular complexity index is 614. The number of hydrogen-bond donors (Lipinski definition) is 0. The van der Waals surface area contributed by atoms with Crippen molar-refractivity contribution in [3.05, 3.63) is 58.1 Å². The van der Waals surface area contributed by atoms with Gasteiger partial charge in [0.2, 0.25) is 0 Å².